The quantitative estimate of drug-likeness (QED) is 0.571. The fourth-order valence-corrected chi connectivity index (χ4v) is 3.32. The lowest BCUT2D eigenvalue weighted by atomic mass is 9.80. The van der Waals surface area contributed by atoms with E-state index >= 15 is 0 Å². The van der Waals surface area contributed by atoms with Gasteiger partial charge in [-0.3, -0.25) is 14.5 Å². The van der Waals surface area contributed by atoms with Crippen LogP contribution in [0.3, 0.4) is 0 Å². The molecule has 1 aliphatic heterocycles. The Morgan fingerprint density at radius 1 is 1.28 bits per heavy atom. The Kier molecular flexibility index (Phi) is 5.70. The molecular formula is C14H25NO2S. The van der Waals surface area contributed by atoms with Crippen molar-refractivity contribution in [3.05, 3.63) is 0 Å². The van der Waals surface area contributed by atoms with Crippen LogP contribution in [-0.4, -0.2) is 29.0 Å². The highest BCUT2D eigenvalue weighted by Crippen LogP contribution is 2.34. The van der Waals surface area contributed by atoms with E-state index in [1.54, 1.807) is 0 Å². The topological polar surface area (TPSA) is 37.4 Å². The van der Waals surface area contributed by atoms with Gasteiger partial charge in [0.15, 0.2) is 0 Å². The Labute approximate surface area is 116 Å². The third kappa shape index (κ3) is 3.28. The summed E-state index contributed by atoms with van der Waals surface area (Å²) in [6.07, 6.45) is 4.55. The van der Waals surface area contributed by atoms with Gasteiger partial charge in [0.2, 0.25) is 11.8 Å². The largest absolute Gasteiger partial charge is 0.282 e. The molecule has 0 bridgehead atoms. The summed E-state index contributed by atoms with van der Waals surface area (Å²) in [6, 6.07) is 0. The first-order valence-corrected chi connectivity index (χ1v) is 7.58. The van der Waals surface area contributed by atoms with Crippen molar-refractivity contribution < 1.29 is 9.59 Å². The summed E-state index contributed by atoms with van der Waals surface area (Å²) in [5, 5.41) is 0. The molecule has 2 amide bonds. The minimum absolute atomic E-state index is 0.00151. The van der Waals surface area contributed by atoms with E-state index in [0.717, 1.165) is 31.4 Å². The van der Waals surface area contributed by atoms with Crippen LogP contribution < -0.4 is 0 Å². The number of imide groups is 1. The van der Waals surface area contributed by atoms with Gasteiger partial charge in [-0.1, -0.05) is 33.6 Å². The number of amides is 2. The van der Waals surface area contributed by atoms with Crippen LogP contribution in [0.5, 0.6) is 0 Å². The van der Waals surface area contributed by atoms with Crippen LogP contribution in [0.2, 0.25) is 0 Å². The van der Waals surface area contributed by atoms with E-state index in [1.165, 1.54) is 4.90 Å². The highest BCUT2D eigenvalue weighted by atomic mass is 32.1. The highest BCUT2D eigenvalue weighted by molar-refractivity contribution is 7.80. The minimum atomic E-state index is -0.140. The van der Waals surface area contributed by atoms with E-state index in [2.05, 4.69) is 26.5 Å². The monoisotopic (exact) mass is 271 g/mol. The van der Waals surface area contributed by atoms with Crippen molar-refractivity contribution in [2.24, 2.45) is 11.3 Å². The number of carbonyl (C=O) groups excluding carboxylic acids is 2. The Balaban J connectivity index is 2.82. The zero-order chi connectivity index (χ0) is 13.8. The molecule has 0 aliphatic carbocycles. The first-order valence-electron chi connectivity index (χ1n) is 6.94. The van der Waals surface area contributed by atoms with Crippen molar-refractivity contribution in [1.29, 1.82) is 0 Å². The average Bonchev–Trinajstić information content (AvgIpc) is 2.56. The van der Waals surface area contributed by atoms with Crippen LogP contribution in [0.1, 0.15) is 52.9 Å². The van der Waals surface area contributed by atoms with Crippen LogP contribution >= 0.6 is 12.6 Å². The summed E-state index contributed by atoms with van der Waals surface area (Å²) < 4.78 is 0. The zero-order valence-electron chi connectivity index (χ0n) is 11.7. The SMILES string of the molecule is CCCC(CS)(CCC)CN1C(=O)CC(C)C1=O. The Morgan fingerprint density at radius 2 is 1.83 bits per heavy atom. The van der Waals surface area contributed by atoms with Crippen molar-refractivity contribution in [3.8, 4) is 0 Å². The molecule has 1 heterocycles. The van der Waals surface area contributed by atoms with E-state index in [1.807, 2.05) is 6.92 Å². The van der Waals surface area contributed by atoms with Gasteiger partial charge in [-0.15, -0.1) is 0 Å². The molecule has 3 nitrogen and oxygen atoms in total. The zero-order valence-corrected chi connectivity index (χ0v) is 12.6. The van der Waals surface area contributed by atoms with E-state index in [-0.39, 0.29) is 23.1 Å². The smallest absolute Gasteiger partial charge is 0.232 e. The molecule has 0 aromatic carbocycles. The first kappa shape index (κ1) is 15.5. The van der Waals surface area contributed by atoms with Crippen molar-refractivity contribution in [3.63, 3.8) is 0 Å². The molecule has 4 heteroatoms. The molecule has 1 saturated heterocycles. The molecule has 0 aromatic heterocycles. The second-order valence-electron chi connectivity index (χ2n) is 5.58. The first-order chi connectivity index (χ1) is 8.49. The maximum absolute atomic E-state index is 12.0. The summed E-state index contributed by atoms with van der Waals surface area (Å²) in [4.78, 5) is 25.4. The summed E-state index contributed by atoms with van der Waals surface area (Å²) in [6.45, 7) is 6.68. The molecule has 1 rings (SSSR count). The summed E-state index contributed by atoms with van der Waals surface area (Å²) in [5.41, 5.74) is 0.00198. The molecule has 0 aromatic rings. The summed E-state index contributed by atoms with van der Waals surface area (Å²) in [7, 11) is 0. The van der Waals surface area contributed by atoms with Crippen molar-refractivity contribution >= 4 is 24.4 Å². The second-order valence-corrected chi connectivity index (χ2v) is 5.90. The lowest BCUT2D eigenvalue weighted by molar-refractivity contribution is -0.141. The molecule has 0 saturated carbocycles. The lowest BCUT2D eigenvalue weighted by Crippen LogP contribution is -2.42. The molecular weight excluding hydrogens is 246 g/mol. The van der Waals surface area contributed by atoms with Gasteiger partial charge in [0, 0.05) is 18.9 Å². The molecule has 1 fully saturated rings. The standard InChI is InChI=1S/C14H25NO2S/c1-4-6-14(10-18,7-5-2)9-15-12(16)8-11(3)13(15)17/h11,18H,4-10H2,1-3H3. The summed E-state index contributed by atoms with van der Waals surface area (Å²) in [5.74, 6) is 0.586. The van der Waals surface area contributed by atoms with Gasteiger partial charge in [-0.05, 0) is 24.0 Å². The van der Waals surface area contributed by atoms with E-state index < -0.39 is 0 Å². The third-order valence-electron chi connectivity index (χ3n) is 3.86. The van der Waals surface area contributed by atoms with Crippen LogP contribution in [0.25, 0.3) is 0 Å². The number of nitrogens with zero attached hydrogens (tertiary/aromatic N) is 1. The Morgan fingerprint density at radius 3 is 2.17 bits per heavy atom. The van der Waals surface area contributed by atoms with Gasteiger partial charge in [-0.25, -0.2) is 0 Å². The van der Waals surface area contributed by atoms with Gasteiger partial charge >= 0.3 is 0 Å². The van der Waals surface area contributed by atoms with E-state index in [4.69, 9.17) is 0 Å². The molecule has 0 radical (unpaired) electrons. The van der Waals surface area contributed by atoms with Gasteiger partial charge in [0.05, 0.1) is 0 Å². The number of hydrogen-bond donors (Lipinski definition) is 1. The van der Waals surface area contributed by atoms with E-state index in [9.17, 15) is 9.59 Å². The van der Waals surface area contributed by atoms with Crippen molar-refractivity contribution in [1.82, 2.24) is 4.90 Å². The summed E-state index contributed by atoms with van der Waals surface area (Å²) >= 11 is 4.47. The average molecular weight is 271 g/mol. The Hall–Kier alpha value is -0.510. The Bertz CT molecular complexity index is 311. The molecule has 0 N–H and O–H groups in total. The number of likely N-dealkylation sites (tertiary alicyclic amines) is 1. The highest BCUT2D eigenvalue weighted by Gasteiger charge is 2.40. The molecule has 1 atom stereocenters. The molecule has 18 heavy (non-hydrogen) atoms. The number of carbonyl (C=O) groups is 2. The number of rotatable bonds is 7. The fraction of sp³-hybridized carbons (Fsp3) is 0.857. The van der Waals surface area contributed by atoms with Gasteiger partial charge < -0.3 is 0 Å². The predicted molar refractivity (Wildman–Crippen MR) is 76.6 cm³/mol. The lowest BCUT2D eigenvalue weighted by Gasteiger charge is -2.35. The van der Waals surface area contributed by atoms with Crippen LogP contribution in [0, 0.1) is 11.3 Å². The van der Waals surface area contributed by atoms with Crippen LogP contribution in [0.4, 0.5) is 0 Å². The van der Waals surface area contributed by atoms with Crippen molar-refractivity contribution in [2.75, 3.05) is 12.3 Å². The molecule has 1 unspecified atom stereocenters. The fourth-order valence-electron chi connectivity index (χ4n) is 2.90. The van der Waals surface area contributed by atoms with Crippen LogP contribution in [0.15, 0.2) is 0 Å². The minimum Gasteiger partial charge on any atom is -0.282 e. The number of thiol groups is 1. The van der Waals surface area contributed by atoms with Gasteiger partial charge in [0.25, 0.3) is 0 Å². The molecule has 104 valence electrons. The maximum Gasteiger partial charge on any atom is 0.232 e. The van der Waals surface area contributed by atoms with Crippen molar-refractivity contribution in [2.45, 2.75) is 52.9 Å². The maximum atomic E-state index is 12.0. The number of hydrogen-bond acceptors (Lipinski definition) is 3. The molecule has 1 aliphatic rings. The predicted octanol–water partition coefficient (Wildman–Crippen LogP) is 2.90. The normalized spacial score (nSPS) is 20.9. The van der Waals surface area contributed by atoms with Gasteiger partial charge in [0.1, 0.15) is 0 Å². The van der Waals surface area contributed by atoms with Crippen LogP contribution in [-0.2, 0) is 9.59 Å². The third-order valence-corrected chi connectivity index (χ3v) is 4.53. The second kappa shape index (κ2) is 6.60. The van der Waals surface area contributed by atoms with E-state index in [0.29, 0.717) is 13.0 Å². The molecule has 0 spiro atoms. The van der Waals surface area contributed by atoms with Gasteiger partial charge in [-0.2, -0.15) is 12.6 Å².